The molecule has 0 aromatic carbocycles. The molecule has 0 saturated carbocycles. The minimum absolute atomic E-state index is 0.0837. The van der Waals surface area contributed by atoms with E-state index in [-0.39, 0.29) is 10.8 Å². The van der Waals surface area contributed by atoms with Gasteiger partial charge in [0.1, 0.15) is 15.9 Å². The molecule has 1 N–H and O–H groups in total. The lowest BCUT2D eigenvalue weighted by molar-refractivity contribution is 0.581. The smallest absolute Gasteiger partial charge is 0.250 e. The highest BCUT2D eigenvalue weighted by Crippen LogP contribution is 2.26. The maximum atomic E-state index is 12.3. The minimum Gasteiger partial charge on any atom is -0.357 e. The SMILES string of the molecule is Cc1cc(N2CCCC2)nc(CNS(=O)(=O)c2ccc(Br)s2)n1. The van der Waals surface area contributed by atoms with Crippen LogP contribution in [0.25, 0.3) is 0 Å². The first-order chi connectivity index (χ1) is 10.9. The Morgan fingerprint density at radius 1 is 1.30 bits per heavy atom. The Labute approximate surface area is 148 Å². The highest BCUT2D eigenvalue weighted by Gasteiger charge is 2.18. The monoisotopic (exact) mass is 416 g/mol. The van der Waals surface area contributed by atoms with E-state index in [1.807, 2.05) is 13.0 Å². The van der Waals surface area contributed by atoms with Crippen LogP contribution in [0.5, 0.6) is 0 Å². The molecule has 0 amide bonds. The summed E-state index contributed by atoms with van der Waals surface area (Å²) in [7, 11) is -3.54. The summed E-state index contributed by atoms with van der Waals surface area (Å²) >= 11 is 4.45. The van der Waals surface area contributed by atoms with E-state index >= 15 is 0 Å². The normalized spacial score (nSPS) is 15.3. The molecule has 1 aliphatic heterocycles. The van der Waals surface area contributed by atoms with E-state index in [9.17, 15) is 8.42 Å². The topological polar surface area (TPSA) is 75.2 Å². The van der Waals surface area contributed by atoms with Crippen LogP contribution in [0.1, 0.15) is 24.4 Å². The van der Waals surface area contributed by atoms with Crippen LogP contribution in [0.15, 0.2) is 26.2 Å². The Balaban J connectivity index is 1.75. The van der Waals surface area contributed by atoms with Crippen molar-refractivity contribution in [1.29, 1.82) is 0 Å². The van der Waals surface area contributed by atoms with Gasteiger partial charge in [-0.2, -0.15) is 0 Å². The van der Waals surface area contributed by atoms with E-state index in [1.165, 1.54) is 11.3 Å². The third-order valence-electron chi connectivity index (χ3n) is 3.55. The van der Waals surface area contributed by atoms with Crippen LogP contribution in [0.2, 0.25) is 0 Å². The Kier molecular flexibility index (Phi) is 5.00. The number of nitrogens with zero attached hydrogens (tertiary/aromatic N) is 3. The molecule has 0 atom stereocenters. The highest BCUT2D eigenvalue weighted by atomic mass is 79.9. The molecule has 0 aliphatic carbocycles. The number of thiophene rings is 1. The lowest BCUT2D eigenvalue weighted by atomic mass is 10.4. The van der Waals surface area contributed by atoms with Gasteiger partial charge >= 0.3 is 0 Å². The first-order valence-corrected chi connectivity index (χ1v) is 10.4. The van der Waals surface area contributed by atoms with Gasteiger partial charge < -0.3 is 4.90 Å². The van der Waals surface area contributed by atoms with Crippen LogP contribution < -0.4 is 9.62 Å². The van der Waals surface area contributed by atoms with Crippen LogP contribution in [-0.4, -0.2) is 31.5 Å². The van der Waals surface area contributed by atoms with Crippen LogP contribution in [0, 0.1) is 6.92 Å². The summed E-state index contributed by atoms with van der Waals surface area (Å²) in [5.41, 5.74) is 0.843. The molecule has 23 heavy (non-hydrogen) atoms. The molecule has 3 rings (SSSR count). The van der Waals surface area contributed by atoms with E-state index in [0.29, 0.717) is 5.82 Å². The van der Waals surface area contributed by atoms with Gasteiger partial charge in [0.25, 0.3) is 0 Å². The number of rotatable bonds is 5. The Hall–Kier alpha value is -1.03. The average Bonchev–Trinajstić information content (AvgIpc) is 3.16. The summed E-state index contributed by atoms with van der Waals surface area (Å²) in [5, 5.41) is 0. The number of hydrogen-bond acceptors (Lipinski definition) is 6. The molecule has 0 bridgehead atoms. The zero-order valence-corrected chi connectivity index (χ0v) is 15.8. The molecule has 6 nitrogen and oxygen atoms in total. The predicted molar refractivity (Wildman–Crippen MR) is 94.3 cm³/mol. The van der Waals surface area contributed by atoms with Crippen LogP contribution >= 0.6 is 27.3 Å². The number of anilines is 1. The third-order valence-corrected chi connectivity index (χ3v) is 7.07. The van der Waals surface area contributed by atoms with Gasteiger partial charge in [-0.3, -0.25) is 0 Å². The average molecular weight is 417 g/mol. The third kappa shape index (κ3) is 4.09. The summed E-state index contributed by atoms with van der Waals surface area (Å²) in [4.78, 5) is 11.0. The van der Waals surface area contributed by atoms with E-state index in [2.05, 4.69) is 35.5 Å². The first-order valence-electron chi connectivity index (χ1n) is 7.28. The van der Waals surface area contributed by atoms with Crippen LogP contribution in [-0.2, 0) is 16.6 Å². The van der Waals surface area contributed by atoms with Crippen molar-refractivity contribution in [2.45, 2.75) is 30.5 Å². The van der Waals surface area contributed by atoms with Crippen molar-refractivity contribution in [2.24, 2.45) is 0 Å². The van der Waals surface area contributed by atoms with E-state index in [1.54, 1.807) is 12.1 Å². The van der Waals surface area contributed by atoms with Gasteiger partial charge in [-0.25, -0.2) is 23.1 Å². The lowest BCUT2D eigenvalue weighted by Crippen LogP contribution is -2.25. The number of aromatic nitrogens is 2. The van der Waals surface area contributed by atoms with Crippen molar-refractivity contribution in [1.82, 2.24) is 14.7 Å². The van der Waals surface area contributed by atoms with Crippen molar-refractivity contribution in [2.75, 3.05) is 18.0 Å². The van der Waals surface area contributed by atoms with Crippen LogP contribution in [0.4, 0.5) is 5.82 Å². The van der Waals surface area contributed by atoms with Crippen LogP contribution in [0.3, 0.4) is 0 Å². The fraction of sp³-hybridized carbons (Fsp3) is 0.429. The molecule has 9 heteroatoms. The second-order valence-corrected chi connectivity index (χ2v) is 9.82. The largest absolute Gasteiger partial charge is 0.357 e. The maximum absolute atomic E-state index is 12.3. The molecule has 3 heterocycles. The molecule has 1 aliphatic rings. The molecule has 0 unspecified atom stereocenters. The Morgan fingerprint density at radius 3 is 2.70 bits per heavy atom. The maximum Gasteiger partial charge on any atom is 0.250 e. The van der Waals surface area contributed by atoms with Crippen molar-refractivity contribution in [3.8, 4) is 0 Å². The molecule has 1 fully saturated rings. The first kappa shape index (κ1) is 16.8. The Morgan fingerprint density at radius 2 is 2.04 bits per heavy atom. The van der Waals surface area contributed by atoms with Crippen molar-refractivity contribution in [3.63, 3.8) is 0 Å². The summed E-state index contributed by atoms with van der Waals surface area (Å²) in [6, 6.07) is 5.23. The second kappa shape index (κ2) is 6.84. The lowest BCUT2D eigenvalue weighted by Gasteiger charge is -2.17. The highest BCUT2D eigenvalue weighted by molar-refractivity contribution is 9.11. The molecular weight excluding hydrogens is 400 g/mol. The summed E-state index contributed by atoms with van der Waals surface area (Å²) in [5.74, 6) is 1.37. The number of hydrogen-bond donors (Lipinski definition) is 1. The summed E-state index contributed by atoms with van der Waals surface area (Å²) in [6.07, 6.45) is 2.33. The van der Waals surface area contributed by atoms with Gasteiger partial charge in [0.05, 0.1) is 10.3 Å². The summed E-state index contributed by atoms with van der Waals surface area (Å²) in [6.45, 7) is 3.96. The Bertz CT molecular complexity index is 801. The predicted octanol–water partition coefficient (Wildman–Crippen LogP) is 2.69. The van der Waals surface area contributed by atoms with Gasteiger partial charge in [0.2, 0.25) is 10.0 Å². The molecule has 124 valence electrons. The fourth-order valence-corrected chi connectivity index (χ4v) is 5.51. The molecule has 1 saturated heterocycles. The number of nitrogens with one attached hydrogen (secondary N) is 1. The van der Waals surface area contributed by atoms with E-state index in [0.717, 1.165) is 41.2 Å². The van der Waals surface area contributed by atoms with E-state index in [4.69, 9.17) is 0 Å². The zero-order valence-electron chi connectivity index (χ0n) is 12.6. The molecular formula is C14H17BrN4O2S2. The molecule has 0 spiro atoms. The quantitative estimate of drug-likeness (QED) is 0.810. The van der Waals surface area contributed by atoms with Crippen molar-refractivity contribution >= 4 is 43.1 Å². The van der Waals surface area contributed by atoms with Gasteiger partial charge in [-0.05, 0) is 47.8 Å². The number of aryl methyl sites for hydroxylation is 1. The van der Waals surface area contributed by atoms with Crippen molar-refractivity contribution < 1.29 is 8.42 Å². The second-order valence-electron chi connectivity index (χ2n) is 5.36. The number of halogens is 1. The fourth-order valence-electron chi connectivity index (χ4n) is 2.47. The standard InChI is InChI=1S/C14H17BrN4O2S2/c1-10-8-13(19-6-2-3-7-19)18-12(17-10)9-16-23(20,21)14-5-4-11(15)22-14/h4-5,8,16H,2-3,6-7,9H2,1H3. The molecule has 0 radical (unpaired) electrons. The van der Waals surface area contributed by atoms with Gasteiger partial charge in [0, 0.05) is 24.8 Å². The summed E-state index contributed by atoms with van der Waals surface area (Å²) < 4.78 is 28.1. The van der Waals surface area contributed by atoms with E-state index < -0.39 is 10.0 Å². The van der Waals surface area contributed by atoms with Gasteiger partial charge in [-0.15, -0.1) is 11.3 Å². The van der Waals surface area contributed by atoms with Gasteiger partial charge in [0.15, 0.2) is 0 Å². The number of sulfonamides is 1. The minimum atomic E-state index is -3.54. The van der Waals surface area contributed by atoms with Gasteiger partial charge in [-0.1, -0.05) is 0 Å². The molecule has 2 aromatic heterocycles. The zero-order chi connectivity index (χ0) is 16.4. The molecule has 2 aromatic rings. The van der Waals surface area contributed by atoms with Crippen molar-refractivity contribution in [3.05, 3.63) is 33.5 Å².